The smallest absolute Gasteiger partial charge is 0.356 e. The molecule has 3 aromatic rings. The van der Waals surface area contributed by atoms with Gasteiger partial charge in [0.05, 0.1) is 19.3 Å². The van der Waals surface area contributed by atoms with Gasteiger partial charge in [0.2, 0.25) is 0 Å². The second-order valence-corrected chi connectivity index (χ2v) is 5.09. The van der Waals surface area contributed by atoms with E-state index in [1.54, 1.807) is 17.9 Å². The van der Waals surface area contributed by atoms with Crippen LogP contribution in [-0.4, -0.2) is 28.0 Å². The fourth-order valence-electron chi connectivity index (χ4n) is 2.39. The molecule has 0 aliphatic heterocycles. The summed E-state index contributed by atoms with van der Waals surface area (Å²) in [5, 5.41) is 13.4. The van der Waals surface area contributed by atoms with Gasteiger partial charge in [-0.3, -0.25) is 4.68 Å². The number of nitrogens with zero attached hydrogens (tertiary/aromatic N) is 2. The summed E-state index contributed by atoms with van der Waals surface area (Å²) in [7, 11) is 1.62. The van der Waals surface area contributed by atoms with E-state index < -0.39 is 5.97 Å². The Labute approximate surface area is 133 Å². The molecule has 2 aromatic carbocycles. The minimum absolute atomic E-state index is 0.0392. The molecule has 0 aliphatic carbocycles. The predicted molar refractivity (Wildman–Crippen MR) is 86.7 cm³/mol. The first-order chi connectivity index (χ1) is 11.2. The summed E-state index contributed by atoms with van der Waals surface area (Å²) < 4.78 is 6.86. The Morgan fingerprint density at radius 1 is 1.13 bits per heavy atom. The van der Waals surface area contributed by atoms with Crippen LogP contribution in [0.2, 0.25) is 0 Å². The molecule has 0 spiro atoms. The highest BCUT2D eigenvalue weighted by Gasteiger charge is 2.14. The molecule has 0 aliphatic rings. The van der Waals surface area contributed by atoms with Crippen molar-refractivity contribution in [3.8, 4) is 17.0 Å². The van der Waals surface area contributed by atoms with Crippen LogP contribution in [0, 0.1) is 0 Å². The molecule has 5 nitrogen and oxygen atoms in total. The number of carbonyl (C=O) groups is 1. The third-order valence-corrected chi connectivity index (χ3v) is 3.56. The van der Waals surface area contributed by atoms with Crippen molar-refractivity contribution >= 4 is 5.97 Å². The van der Waals surface area contributed by atoms with Gasteiger partial charge >= 0.3 is 5.97 Å². The third kappa shape index (κ3) is 3.23. The molecule has 1 heterocycles. The molecule has 1 aromatic heterocycles. The number of hydrogen-bond acceptors (Lipinski definition) is 3. The van der Waals surface area contributed by atoms with Gasteiger partial charge in [-0.15, -0.1) is 0 Å². The number of aromatic nitrogens is 2. The maximum absolute atomic E-state index is 11.2. The zero-order valence-electron chi connectivity index (χ0n) is 12.6. The monoisotopic (exact) mass is 308 g/mol. The van der Waals surface area contributed by atoms with Crippen LogP contribution in [0.3, 0.4) is 0 Å². The van der Waals surface area contributed by atoms with E-state index in [2.05, 4.69) is 5.10 Å². The average molecular weight is 308 g/mol. The van der Waals surface area contributed by atoms with Gasteiger partial charge in [-0.05, 0) is 29.3 Å². The van der Waals surface area contributed by atoms with Crippen molar-refractivity contribution in [2.45, 2.75) is 6.54 Å². The van der Waals surface area contributed by atoms with Crippen molar-refractivity contribution in [2.75, 3.05) is 7.11 Å². The number of methoxy groups -OCH3 is 1. The van der Waals surface area contributed by atoms with Gasteiger partial charge in [0.15, 0.2) is 5.69 Å². The average Bonchev–Trinajstić information content (AvgIpc) is 3.00. The van der Waals surface area contributed by atoms with Gasteiger partial charge in [-0.1, -0.05) is 42.5 Å². The van der Waals surface area contributed by atoms with Crippen molar-refractivity contribution in [1.29, 1.82) is 0 Å². The van der Waals surface area contributed by atoms with Gasteiger partial charge in [0.1, 0.15) is 5.75 Å². The molecule has 0 saturated carbocycles. The summed E-state index contributed by atoms with van der Waals surface area (Å²) in [4.78, 5) is 11.2. The normalized spacial score (nSPS) is 10.5. The van der Waals surface area contributed by atoms with Crippen LogP contribution in [0.5, 0.6) is 5.75 Å². The second kappa shape index (κ2) is 6.36. The molecule has 116 valence electrons. The van der Waals surface area contributed by atoms with E-state index in [4.69, 9.17) is 4.74 Å². The Bertz CT molecular complexity index is 808. The van der Waals surface area contributed by atoms with E-state index in [-0.39, 0.29) is 5.69 Å². The molecule has 0 saturated heterocycles. The number of carboxylic acid groups (broad SMARTS) is 1. The zero-order valence-corrected chi connectivity index (χ0v) is 12.6. The number of ether oxygens (including phenoxy) is 1. The lowest BCUT2D eigenvalue weighted by Crippen LogP contribution is -2.05. The molecule has 0 atom stereocenters. The lowest BCUT2D eigenvalue weighted by molar-refractivity contribution is 0.0689. The Morgan fingerprint density at radius 2 is 1.83 bits per heavy atom. The number of aromatic carboxylic acids is 1. The molecule has 0 fully saturated rings. The van der Waals surface area contributed by atoms with Gasteiger partial charge in [0, 0.05) is 0 Å². The summed E-state index contributed by atoms with van der Waals surface area (Å²) in [5.74, 6) is -0.251. The highest BCUT2D eigenvalue weighted by atomic mass is 16.5. The fourth-order valence-corrected chi connectivity index (χ4v) is 2.39. The quantitative estimate of drug-likeness (QED) is 0.785. The van der Waals surface area contributed by atoms with Gasteiger partial charge in [0.25, 0.3) is 0 Å². The Morgan fingerprint density at radius 3 is 2.43 bits per heavy atom. The van der Waals surface area contributed by atoms with Crippen LogP contribution in [0.1, 0.15) is 16.1 Å². The first kappa shape index (κ1) is 14.8. The van der Waals surface area contributed by atoms with E-state index in [9.17, 15) is 9.90 Å². The lowest BCUT2D eigenvalue weighted by Gasteiger charge is -2.08. The van der Waals surface area contributed by atoms with E-state index in [0.717, 1.165) is 22.6 Å². The van der Waals surface area contributed by atoms with Gasteiger partial charge < -0.3 is 9.84 Å². The van der Waals surface area contributed by atoms with Crippen molar-refractivity contribution in [2.24, 2.45) is 0 Å². The summed E-state index contributed by atoms with van der Waals surface area (Å²) in [5.41, 5.74) is 2.76. The molecular weight excluding hydrogens is 292 g/mol. The van der Waals surface area contributed by atoms with Crippen molar-refractivity contribution in [3.05, 3.63) is 71.9 Å². The molecule has 0 radical (unpaired) electrons. The number of benzene rings is 2. The number of rotatable bonds is 5. The summed E-state index contributed by atoms with van der Waals surface area (Å²) in [6.07, 6.45) is 0. The second-order valence-electron chi connectivity index (χ2n) is 5.09. The SMILES string of the molecule is COc1ccc(Cn2nc(C(=O)O)cc2-c2ccccc2)cc1. The minimum atomic E-state index is -1.03. The summed E-state index contributed by atoms with van der Waals surface area (Å²) in [6.45, 7) is 0.488. The zero-order chi connectivity index (χ0) is 16.2. The maximum Gasteiger partial charge on any atom is 0.356 e. The van der Waals surface area contributed by atoms with Crippen LogP contribution in [0.15, 0.2) is 60.7 Å². The first-order valence-corrected chi connectivity index (χ1v) is 7.17. The molecule has 0 bridgehead atoms. The van der Waals surface area contributed by atoms with E-state index in [1.165, 1.54) is 0 Å². The molecule has 0 unspecified atom stereocenters. The summed E-state index contributed by atoms with van der Waals surface area (Å²) in [6, 6.07) is 18.9. The molecule has 3 rings (SSSR count). The highest BCUT2D eigenvalue weighted by molar-refractivity contribution is 5.87. The van der Waals surface area contributed by atoms with Crippen molar-refractivity contribution < 1.29 is 14.6 Å². The van der Waals surface area contributed by atoms with Crippen molar-refractivity contribution in [1.82, 2.24) is 9.78 Å². The molecule has 0 amide bonds. The van der Waals surface area contributed by atoms with E-state index >= 15 is 0 Å². The third-order valence-electron chi connectivity index (χ3n) is 3.56. The van der Waals surface area contributed by atoms with Crippen molar-refractivity contribution in [3.63, 3.8) is 0 Å². The predicted octanol–water partition coefficient (Wildman–Crippen LogP) is 3.31. The number of carboxylic acids is 1. The summed E-state index contributed by atoms with van der Waals surface area (Å²) >= 11 is 0. The fraction of sp³-hybridized carbons (Fsp3) is 0.111. The van der Waals surface area contributed by atoms with Crippen LogP contribution < -0.4 is 4.74 Å². The maximum atomic E-state index is 11.2. The largest absolute Gasteiger partial charge is 0.497 e. The first-order valence-electron chi connectivity index (χ1n) is 7.17. The van der Waals surface area contributed by atoms with Crippen LogP contribution in [-0.2, 0) is 6.54 Å². The Kier molecular flexibility index (Phi) is 4.10. The highest BCUT2D eigenvalue weighted by Crippen LogP contribution is 2.22. The standard InChI is InChI=1S/C18H16N2O3/c1-23-15-9-7-13(8-10-15)12-20-17(11-16(19-20)18(21)22)14-5-3-2-4-6-14/h2-11H,12H2,1H3,(H,21,22). The molecular formula is C18H16N2O3. The molecule has 1 N–H and O–H groups in total. The van der Waals surface area contributed by atoms with Crippen LogP contribution in [0.4, 0.5) is 0 Å². The Balaban J connectivity index is 1.98. The molecule has 5 heteroatoms. The minimum Gasteiger partial charge on any atom is -0.497 e. The topological polar surface area (TPSA) is 64.4 Å². The van der Waals surface area contributed by atoms with E-state index in [1.807, 2.05) is 54.6 Å². The lowest BCUT2D eigenvalue weighted by atomic mass is 10.1. The number of hydrogen-bond donors (Lipinski definition) is 1. The Hall–Kier alpha value is -3.08. The van der Waals surface area contributed by atoms with Gasteiger partial charge in [-0.25, -0.2) is 4.79 Å². The van der Waals surface area contributed by atoms with E-state index in [0.29, 0.717) is 6.54 Å². The van der Waals surface area contributed by atoms with Crippen LogP contribution in [0.25, 0.3) is 11.3 Å². The molecule has 23 heavy (non-hydrogen) atoms. The van der Waals surface area contributed by atoms with Crippen LogP contribution >= 0.6 is 0 Å². The van der Waals surface area contributed by atoms with Gasteiger partial charge in [-0.2, -0.15) is 5.10 Å².